The number of carboxylic acids is 1. The average molecular weight is 508 g/mol. The smallest absolute Gasteiger partial charge is 0.341 e. The Hall–Kier alpha value is -4.05. The van der Waals surface area contributed by atoms with E-state index in [1.165, 1.54) is 40.5 Å². The molecule has 4 rings (SSSR count). The van der Waals surface area contributed by atoms with E-state index in [9.17, 15) is 19.5 Å². The molecule has 9 nitrogen and oxygen atoms in total. The Morgan fingerprint density at radius 3 is 2.19 bits per heavy atom. The maximum atomic E-state index is 13.2. The maximum absolute atomic E-state index is 13.2. The highest BCUT2D eigenvalue weighted by molar-refractivity contribution is 7.15. The Morgan fingerprint density at radius 2 is 1.67 bits per heavy atom. The molecule has 0 radical (unpaired) electrons. The first-order valence-electron chi connectivity index (χ1n) is 11.1. The highest BCUT2D eigenvalue weighted by Gasteiger charge is 2.48. The standard InChI is InChI=1S/C26H25N3O6S/c1-14-27-28-25(36-14)29-21(15-5-9-17(10-6-15)26(2,3)4)20(23(33)24(29)34)22(32)16-7-11-18(12-8-16)35-13-19(30)31/h5-12,21,32H,13H2,1-4H3,(H,30,31)/b22-20+. The molecule has 1 fully saturated rings. The number of ketones is 1. The predicted molar refractivity (Wildman–Crippen MR) is 134 cm³/mol. The van der Waals surface area contributed by atoms with Gasteiger partial charge in [-0.05, 0) is 47.7 Å². The quantitative estimate of drug-likeness (QED) is 0.288. The van der Waals surface area contributed by atoms with Gasteiger partial charge in [-0.2, -0.15) is 0 Å². The summed E-state index contributed by atoms with van der Waals surface area (Å²) < 4.78 is 5.13. The lowest BCUT2D eigenvalue weighted by atomic mass is 9.85. The van der Waals surface area contributed by atoms with Crippen molar-refractivity contribution in [3.05, 3.63) is 75.8 Å². The monoisotopic (exact) mass is 507 g/mol. The van der Waals surface area contributed by atoms with E-state index in [0.29, 0.717) is 10.6 Å². The van der Waals surface area contributed by atoms with E-state index in [2.05, 4.69) is 31.0 Å². The van der Waals surface area contributed by atoms with Crippen molar-refractivity contribution in [2.75, 3.05) is 11.5 Å². The first kappa shape index (κ1) is 25.1. The van der Waals surface area contributed by atoms with Crippen molar-refractivity contribution in [1.82, 2.24) is 10.2 Å². The second-order valence-corrected chi connectivity index (χ2v) is 10.5. The Kier molecular flexibility index (Phi) is 6.64. The van der Waals surface area contributed by atoms with E-state index >= 15 is 0 Å². The van der Waals surface area contributed by atoms with Gasteiger partial charge in [-0.1, -0.05) is 56.4 Å². The van der Waals surface area contributed by atoms with Gasteiger partial charge in [0.25, 0.3) is 5.78 Å². The number of Topliss-reactive ketones (excluding diaryl/α,β-unsaturated/α-hetero) is 1. The largest absolute Gasteiger partial charge is 0.507 e. The van der Waals surface area contributed by atoms with Crippen LogP contribution in [0.15, 0.2) is 54.1 Å². The molecule has 0 saturated carbocycles. The number of carbonyl (C=O) groups excluding carboxylic acids is 2. The van der Waals surface area contributed by atoms with E-state index in [1.54, 1.807) is 6.92 Å². The van der Waals surface area contributed by atoms with Gasteiger partial charge in [-0.15, -0.1) is 10.2 Å². The number of rotatable bonds is 6. The van der Waals surface area contributed by atoms with Crippen LogP contribution in [0.1, 0.15) is 48.5 Å². The number of carbonyl (C=O) groups is 3. The number of amides is 1. The molecule has 1 aliphatic heterocycles. The Balaban J connectivity index is 1.82. The third-order valence-corrected chi connectivity index (χ3v) is 6.59. The van der Waals surface area contributed by atoms with Gasteiger partial charge in [-0.3, -0.25) is 14.5 Å². The van der Waals surface area contributed by atoms with Gasteiger partial charge in [-0.25, -0.2) is 4.79 Å². The lowest BCUT2D eigenvalue weighted by Crippen LogP contribution is -2.29. The first-order valence-corrected chi connectivity index (χ1v) is 12.0. The molecule has 186 valence electrons. The Labute approximate surface area is 211 Å². The van der Waals surface area contributed by atoms with E-state index in [4.69, 9.17) is 9.84 Å². The molecule has 1 amide bonds. The summed E-state index contributed by atoms with van der Waals surface area (Å²) in [6.45, 7) is 7.49. The molecule has 1 aromatic heterocycles. The second kappa shape index (κ2) is 9.54. The topological polar surface area (TPSA) is 130 Å². The molecule has 1 saturated heterocycles. The lowest BCUT2D eigenvalue weighted by molar-refractivity contribution is -0.139. The van der Waals surface area contributed by atoms with Crippen LogP contribution >= 0.6 is 11.3 Å². The molecule has 2 N–H and O–H groups in total. The number of anilines is 1. The van der Waals surface area contributed by atoms with Crippen molar-refractivity contribution in [2.45, 2.75) is 39.2 Å². The number of aryl methyl sites for hydroxylation is 1. The first-order chi connectivity index (χ1) is 17.0. The fraction of sp³-hybridized carbons (Fsp3) is 0.269. The number of aromatic nitrogens is 2. The van der Waals surface area contributed by atoms with Crippen LogP contribution in [0.3, 0.4) is 0 Å². The van der Waals surface area contributed by atoms with E-state index in [0.717, 1.165) is 5.56 Å². The molecule has 2 aromatic carbocycles. The van der Waals surface area contributed by atoms with Crippen molar-refractivity contribution >= 4 is 39.9 Å². The number of hydrogen-bond donors (Lipinski definition) is 2. The summed E-state index contributed by atoms with van der Waals surface area (Å²) in [5, 5.41) is 29.0. The van der Waals surface area contributed by atoms with Gasteiger partial charge >= 0.3 is 11.9 Å². The molecule has 1 aliphatic rings. The summed E-state index contributed by atoms with van der Waals surface area (Å²) in [6.07, 6.45) is 0. The number of hydrogen-bond acceptors (Lipinski definition) is 8. The molecule has 0 aliphatic carbocycles. The van der Waals surface area contributed by atoms with E-state index in [1.807, 2.05) is 24.3 Å². The SMILES string of the molecule is Cc1nnc(N2C(=O)C(=O)/C(=C(/O)c3ccc(OCC(=O)O)cc3)C2c2ccc(C(C)(C)C)cc2)s1. The van der Waals surface area contributed by atoms with Crippen LogP contribution in [0.25, 0.3) is 5.76 Å². The molecule has 1 unspecified atom stereocenters. The van der Waals surface area contributed by atoms with Crippen molar-refractivity contribution in [3.63, 3.8) is 0 Å². The molecular weight excluding hydrogens is 482 g/mol. The van der Waals surface area contributed by atoms with Crippen LogP contribution < -0.4 is 9.64 Å². The number of ether oxygens (including phenoxy) is 1. The Morgan fingerprint density at radius 1 is 1.03 bits per heavy atom. The number of nitrogens with zero attached hydrogens (tertiary/aromatic N) is 3. The van der Waals surface area contributed by atoms with Crippen LogP contribution in [0.4, 0.5) is 5.13 Å². The minimum Gasteiger partial charge on any atom is -0.507 e. The number of aliphatic hydroxyl groups is 1. The summed E-state index contributed by atoms with van der Waals surface area (Å²) in [6, 6.07) is 12.6. The average Bonchev–Trinajstić information content (AvgIpc) is 3.37. The molecule has 3 aromatic rings. The van der Waals surface area contributed by atoms with Crippen molar-refractivity contribution in [1.29, 1.82) is 0 Å². The highest BCUT2D eigenvalue weighted by atomic mass is 32.1. The number of benzene rings is 2. The fourth-order valence-corrected chi connectivity index (χ4v) is 4.62. The molecule has 1 atom stereocenters. The van der Waals surface area contributed by atoms with Gasteiger partial charge in [0.1, 0.15) is 16.5 Å². The van der Waals surface area contributed by atoms with Crippen LogP contribution in [0.5, 0.6) is 5.75 Å². The zero-order chi connectivity index (χ0) is 26.2. The second-order valence-electron chi connectivity index (χ2n) is 9.35. The van der Waals surface area contributed by atoms with Crippen molar-refractivity contribution in [3.8, 4) is 5.75 Å². The summed E-state index contributed by atoms with van der Waals surface area (Å²) in [5.41, 5.74) is 1.82. The minimum absolute atomic E-state index is 0.0735. The third kappa shape index (κ3) is 4.85. The van der Waals surface area contributed by atoms with Gasteiger partial charge in [0, 0.05) is 5.56 Å². The van der Waals surface area contributed by atoms with Gasteiger partial charge < -0.3 is 14.9 Å². The molecule has 2 heterocycles. The fourth-order valence-electron chi connectivity index (χ4n) is 3.90. The maximum Gasteiger partial charge on any atom is 0.341 e. The van der Waals surface area contributed by atoms with Crippen LogP contribution in [-0.2, 0) is 19.8 Å². The Bertz CT molecular complexity index is 1350. The molecule has 10 heteroatoms. The van der Waals surface area contributed by atoms with Gasteiger partial charge in [0.15, 0.2) is 6.61 Å². The summed E-state index contributed by atoms with van der Waals surface area (Å²) in [7, 11) is 0. The van der Waals surface area contributed by atoms with Crippen LogP contribution in [0, 0.1) is 6.92 Å². The lowest BCUT2D eigenvalue weighted by Gasteiger charge is -2.24. The number of carboxylic acid groups (broad SMARTS) is 1. The molecule has 0 bridgehead atoms. The molecular formula is C26H25N3O6S. The normalized spacial score (nSPS) is 17.4. The molecule has 36 heavy (non-hydrogen) atoms. The molecule has 0 spiro atoms. The van der Waals surface area contributed by atoms with Crippen molar-refractivity contribution in [2.24, 2.45) is 0 Å². The minimum atomic E-state index is -1.12. The zero-order valence-corrected chi connectivity index (χ0v) is 21.0. The van der Waals surface area contributed by atoms with Crippen LogP contribution in [-0.4, -0.2) is 44.7 Å². The van der Waals surface area contributed by atoms with Crippen molar-refractivity contribution < 1.29 is 29.3 Å². The number of aliphatic hydroxyl groups excluding tert-OH is 1. The third-order valence-electron chi connectivity index (χ3n) is 5.75. The summed E-state index contributed by atoms with van der Waals surface area (Å²) in [5.74, 6) is -2.83. The van der Waals surface area contributed by atoms with E-state index < -0.39 is 30.3 Å². The van der Waals surface area contributed by atoms with Gasteiger partial charge in [0.05, 0.1) is 11.6 Å². The van der Waals surface area contributed by atoms with E-state index in [-0.39, 0.29) is 33.2 Å². The zero-order valence-electron chi connectivity index (χ0n) is 20.2. The summed E-state index contributed by atoms with van der Waals surface area (Å²) in [4.78, 5) is 38.4. The summed E-state index contributed by atoms with van der Waals surface area (Å²) >= 11 is 1.18. The predicted octanol–water partition coefficient (Wildman–Crippen LogP) is 4.23. The van der Waals surface area contributed by atoms with Crippen LogP contribution in [0.2, 0.25) is 0 Å². The van der Waals surface area contributed by atoms with Gasteiger partial charge in [0.2, 0.25) is 5.13 Å². The highest BCUT2D eigenvalue weighted by Crippen LogP contribution is 2.43. The number of aliphatic carboxylic acids is 1.